The van der Waals surface area contributed by atoms with Gasteiger partial charge < -0.3 is 10.2 Å². The van der Waals surface area contributed by atoms with Crippen molar-refractivity contribution in [2.24, 2.45) is 11.8 Å². The van der Waals surface area contributed by atoms with Crippen LogP contribution >= 0.6 is 0 Å². The molecule has 0 fully saturated rings. The molecule has 0 heterocycles. The fourth-order valence-electron chi connectivity index (χ4n) is 5.30. The molecule has 2 aromatic carbocycles. The summed E-state index contributed by atoms with van der Waals surface area (Å²) in [5.74, 6) is -1.12. The van der Waals surface area contributed by atoms with Crippen molar-refractivity contribution in [3.63, 3.8) is 0 Å². The molecule has 0 amide bonds. The third-order valence-corrected chi connectivity index (χ3v) is 12.4. The Bertz CT molecular complexity index is 946. The van der Waals surface area contributed by atoms with Gasteiger partial charge in [0.05, 0.1) is 11.8 Å². The fraction of sp³-hybridized carbons (Fsp3) is 0.667. The van der Waals surface area contributed by atoms with E-state index in [1.165, 1.54) is 75.3 Å². The summed E-state index contributed by atoms with van der Waals surface area (Å²) in [4.78, 5) is 21.5. The molecule has 47 heavy (non-hydrogen) atoms. The number of aliphatic carboxylic acids is 2. The standard InChI is InChI=1S/2C13H18O2.2C8H17.Sn/c2*1-9(2)8-11-4-6-12(7-5-11)10(3)13(14)15;2*1-3-5-7-8-6-4-2;/h2*4-7,9-10H,8H2,1-3H3,(H,14,15);2*1,3-8H2,2H3;. The molecule has 0 saturated heterocycles. The molecule has 0 aliphatic rings. The molecule has 266 valence electrons. The second-order valence-electron chi connectivity index (χ2n) is 14.1. The van der Waals surface area contributed by atoms with Gasteiger partial charge in [0.15, 0.2) is 0 Å². The van der Waals surface area contributed by atoms with Gasteiger partial charge in [0, 0.05) is 0 Å². The van der Waals surface area contributed by atoms with E-state index in [1.54, 1.807) is 35.6 Å². The number of carboxylic acids is 2. The summed E-state index contributed by atoms with van der Waals surface area (Å²) in [6.45, 7) is 16.7. The van der Waals surface area contributed by atoms with Crippen molar-refractivity contribution in [2.75, 3.05) is 0 Å². The summed E-state index contributed by atoms with van der Waals surface area (Å²) in [5.41, 5.74) is 4.28. The van der Waals surface area contributed by atoms with Gasteiger partial charge in [0.1, 0.15) is 0 Å². The van der Waals surface area contributed by atoms with Crippen molar-refractivity contribution >= 4 is 33.1 Å². The predicted octanol–water partition coefficient (Wildman–Crippen LogP) is 12.4. The maximum atomic E-state index is 10.8. The molecule has 0 bridgehead atoms. The SMILES string of the molecule is CC(C)Cc1ccc(C(C)C(=O)O)cc1.CC(C)Cc1ccc(C(C)C(=O)O)cc1.CCCCCCC[CH2][Sn][CH2]CCCCCCC. The molecule has 0 aromatic heterocycles. The van der Waals surface area contributed by atoms with E-state index in [-0.39, 0.29) is 21.1 Å². The van der Waals surface area contributed by atoms with Gasteiger partial charge in [0.2, 0.25) is 0 Å². The predicted molar refractivity (Wildman–Crippen MR) is 204 cm³/mol. The molecular formula is C42H70O4Sn. The molecule has 0 aliphatic carbocycles. The van der Waals surface area contributed by atoms with Crippen molar-refractivity contribution in [1.29, 1.82) is 0 Å². The maximum absolute atomic E-state index is 10.8. The number of unbranched alkanes of at least 4 members (excludes halogenated alkanes) is 10. The first kappa shape index (κ1) is 45.2. The van der Waals surface area contributed by atoms with E-state index < -0.39 is 23.8 Å². The molecule has 5 heteroatoms. The molecule has 0 spiro atoms. The normalized spacial score (nSPS) is 12.1. The minimum atomic E-state index is -0.772. The Morgan fingerprint density at radius 3 is 1.09 bits per heavy atom. The van der Waals surface area contributed by atoms with Crippen molar-refractivity contribution in [3.8, 4) is 0 Å². The van der Waals surface area contributed by atoms with Crippen molar-refractivity contribution < 1.29 is 19.8 Å². The zero-order valence-electron chi connectivity index (χ0n) is 31.5. The first-order valence-corrected chi connectivity index (χ1v) is 22.8. The van der Waals surface area contributed by atoms with Crippen LogP contribution in [0.1, 0.15) is 167 Å². The fourth-order valence-corrected chi connectivity index (χ4v) is 8.87. The molecule has 2 unspecified atom stereocenters. The van der Waals surface area contributed by atoms with E-state index in [0.717, 1.165) is 24.0 Å². The van der Waals surface area contributed by atoms with Crippen LogP contribution in [0.3, 0.4) is 0 Å². The van der Waals surface area contributed by atoms with Gasteiger partial charge in [-0.2, -0.15) is 0 Å². The number of hydrogen-bond donors (Lipinski definition) is 2. The first-order valence-electron chi connectivity index (χ1n) is 18.8. The number of carbonyl (C=O) groups is 2. The second-order valence-corrected chi connectivity index (χ2v) is 18.4. The topological polar surface area (TPSA) is 74.6 Å². The average Bonchev–Trinajstić information content (AvgIpc) is 3.03. The van der Waals surface area contributed by atoms with E-state index in [9.17, 15) is 9.59 Å². The Kier molecular flexibility index (Phi) is 28.0. The Hall–Kier alpha value is -1.82. The molecule has 2 N–H and O–H groups in total. The zero-order chi connectivity index (χ0) is 35.5. The minimum absolute atomic E-state index is 0.0736. The third kappa shape index (κ3) is 24.9. The molecule has 2 rings (SSSR count). The molecule has 0 aliphatic heterocycles. The summed E-state index contributed by atoms with van der Waals surface area (Å²) in [5, 5.41) is 17.7. The van der Waals surface area contributed by atoms with Gasteiger partial charge in [-0.05, 0) is 60.8 Å². The summed E-state index contributed by atoms with van der Waals surface area (Å²) >= 11 is 0.0736. The van der Waals surface area contributed by atoms with Crippen LogP contribution in [0.4, 0.5) is 0 Å². The van der Waals surface area contributed by atoms with Crippen molar-refractivity contribution in [1.82, 2.24) is 0 Å². The monoisotopic (exact) mass is 758 g/mol. The molecule has 2 aromatic rings. The number of benzene rings is 2. The second kappa shape index (κ2) is 29.1. The van der Waals surface area contributed by atoms with Crippen molar-refractivity contribution in [2.45, 2.75) is 166 Å². The van der Waals surface area contributed by atoms with Crippen LogP contribution in [-0.2, 0) is 22.4 Å². The van der Waals surface area contributed by atoms with Gasteiger partial charge in [0.25, 0.3) is 0 Å². The molecular weight excluding hydrogens is 687 g/mol. The van der Waals surface area contributed by atoms with E-state index in [0.29, 0.717) is 11.8 Å². The van der Waals surface area contributed by atoms with Crippen molar-refractivity contribution in [3.05, 3.63) is 70.8 Å². The molecule has 2 atom stereocenters. The van der Waals surface area contributed by atoms with E-state index in [4.69, 9.17) is 10.2 Å². The third-order valence-electron chi connectivity index (χ3n) is 8.40. The van der Waals surface area contributed by atoms with Crippen LogP contribution in [0.2, 0.25) is 8.87 Å². The summed E-state index contributed by atoms with van der Waals surface area (Å²) in [7, 11) is 0. The Morgan fingerprint density at radius 2 is 0.809 bits per heavy atom. The van der Waals surface area contributed by atoms with Crippen LogP contribution < -0.4 is 0 Å². The Labute approximate surface area is 300 Å². The van der Waals surface area contributed by atoms with Gasteiger partial charge in [-0.25, -0.2) is 0 Å². The van der Waals surface area contributed by atoms with Crippen LogP contribution in [0.15, 0.2) is 48.5 Å². The number of carboxylic acid groups (broad SMARTS) is 2. The summed E-state index contributed by atoms with van der Waals surface area (Å²) < 4.78 is 3.31. The Balaban J connectivity index is 0.000000677. The van der Waals surface area contributed by atoms with Gasteiger partial charge in [-0.1, -0.05) is 76.2 Å². The van der Waals surface area contributed by atoms with Gasteiger partial charge in [-0.3, -0.25) is 9.59 Å². The van der Waals surface area contributed by atoms with Gasteiger partial charge >= 0.3 is 133 Å². The Morgan fingerprint density at radius 1 is 0.511 bits per heavy atom. The molecule has 4 nitrogen and oxygen atoms in total. The van der Waals surface area contributed by atoms with Crippen LogP contribution in [0.25, 0.3) is 0 Å². The van der Waals surface area contributed by atoms with E-state index in [1.807, 2.05) is 48.5 Å². The molecule has 0 saturated carbocycles. The average molecular weight is 758 g/mol. The van der Waals surface area contributed by atoms with E-state index in [2.05, 4.69) is 41.5 Å². The van der Waals surface area contributed by atoms with Crippen LogP contribution in [0, 0.1) is 11.8 Å². The quantitative estimate of drug-likeness (QED) is 0.0926. The molecule has 2 radical (unpaired) electrons. The number of rotatable bonds is 22. The zero-order valence-corrected chi connectivity index (χ0v) is 34.3. The van der Waals surface area contributed by atoms with Crippen LogP contribution in [0.5, 0.6) is 0 Å². The van der Waals surface area contributed by atoms with Gasteiger partial charge in [-0.15, -0.1) is 0 Å². The first-order chi connectivity index (χ1) is 22.4. The summed E-state index contributed by atoms with van der Waals surface area (Å²) in [6, 6.07) is 15.7. The number of hydrogen-bond acceptors (Lipinski definition) is 2. The summed E-state index contributed by atoms with van der Waals surface area (Å²) in [6.07, 6.45) is 19.9. The van der Waals surface area contributed by atoms with Crippen LogP contribution in [-0.4, -0.2) is 43.3 Å². The van der Waals surface area contributed by atoms with E-state index >= 15 is 0 Å².